The van der Waals surface area contributed by atoms with Crippen LogP contribution < -0.4 is 0 Å². The summed E-state index contributed by atoms with van der Waals surface area (Å²) in [7, 11) is 0. The number of hydrogen-bond donors (Lipinski definition) is 0. The van der Waals surface area contributed by atoms with Crippen molar-refractivity contribution in [3.63, 3.8) is 0 Å². The van der Waals surface area contributed by atoms with E-state index in [0.29, 0.717) is 0 Å². The van der Waals surface area contributed by atoms with Crippen LogP contribution >= 0.6 is 0 Å². The Morgan fingerprint density at radius 2 is 1.00 bits per heavy atom. The monoisotopic (exact) mass is 349 g/mol. The summed E-state index contributed by atoms with van der Waals surface area (Å²) in [4.78, 5) is 0. The summed E-state index contributed by atoms with van der Waals surface area (Å²) in [6.45, 7) is 0. The Balaban J connectivity index is 0. The van der Waals surface area contributed by atoms with E-state index in [9.17, 15) is 0 Å². The van der Waals surface area contributed by atoms with Gasteiger partial charge in [0.2, 0.25) is 0 Å². The number of hydrogen-bond acceptors (Lipinski definition) is 0. The first-order chi connectivity index (χ1) is 0. The van der Waals surface area contributed by atoms with Crippen molar-refractivity contribution in [2.24, 2.45) is 0 Å². The molecule has 0 aliphatic carbocycles. The molecule has 0 aromatic carbocycles. The second-order valence-electron chi connectivity index (χ2n) is 0. The minimum absolute atomic E-state index is 0. The van der Waals surface area contributed by atoms with Crippen molar-refractivity contribution in [2.45, 2.75) is 0 Å². The van der Waals surface area contributed by atoms with Gasteiger partial charge in [0.1, 0.15) is 0 Å². The van der Waals surface area contributed by atoms with E-state index < -0.39 is 0 Å². The summed E-state index contributed by atoms with van der Waals surface area (Å²) in [6, 6.07) is 0. The van der Waals surface area contributed by atoms with Crippen LogP contribution in [0.25, 0.3) is 0 Å². The van der Waals surface area contributed by atoms with Crippen LogP contribution in [-0.4, -0.2) is 8.41 Å². The molecule has 0 bridgehead atoms. The van der Waals surface area contributed by atoms with Gasteiger partial charge < -0.3 is 0 Å². The third-order valence-electron chi connectivity index (χ3n) is 0. The molecule has 1 radical (unpaired) electrons. The molecule has 0 aliphatic heterocycles. The normalized spacial score (nSPS) is 0. The summed E-state index contributed by atoms with van der Waals surface area (Å²) in [5.41, 5.74) is 0. The van der Waals surface area contributed by atoms with Gasteiger partial charge >= 0.3 is 0 Å². The third kappa shape index (κ3) is 8.94. The van der Waals surface area contributed by atoms with Gasteiger partial charge in [0.05, 0.1) is 8.41 Å². The van der Waals surface area contributed by atoms with Gasteiger partial charge in [-0.1, -0.05) is 0 Å². The van der Waals surface area contributed by atoms with Gasteiger partial charge in [-0.2, -0.15) is 0 Å². The van der Waals surface area contributed by atoms with Crippen LogP contribution in [0.5, 0.6) is 0 Å². The molecule has 0 unspecified atom stereocenters. The van der Waals surface area contributed by atoms with E-state index in [1.165, 1.54) is 0 Å². The molecule has 0 saturated carbocycles. The summed E-state index contributed by atoms with van der Waals surface area (Å²) in [6.07, 6.45) is 0. The molecule has 21 valence electrons. The van der Waals surface area contributed by atoms with Crippen molar-refractivity contribution >= 4 is 8.41 Å². The Labute approximate surface area is 100 Å². The molecule has 0 amide bonds. The van der Waals surface area contributed by atoms with Crippen LogP contribution in [-0.2, 0) is 17.1 Å². The van der Waals surface area contributed by atoms with Gasteiger partial charge in [0.25, 0.3) is 0 Å². The van der Waals surface area contributed by atoms with Crippen LogP contribution in [0.1, 0.15) is 0 Å². The molecule has 0 fully saturated rings. The average Bonchev–Trinajstić information content (AvgIpc) is 0. The topological polar surface area (TPSA) is 0 Å². The predicted molar refractivity (Wildman–Crippen MR) is 9.94 cm³/mol. The van der Waals surface area contributed by atoms with Crippen LogP contribution in [0.4, 0.5) is 0 Å². The summed E-state index contributed by atoms with van der Waals surface area (Å²) < 4.78 is 0. The van der Waals surface area contributed by atoms with Crippen LogP contribution in [0.2, 0.25) is 0 Å². The van der Waals surface area contributed by atoms with Crippen molar-refractivity contribution in [1.82, 2.24) is 0 Å². The maximum absolute atomic E-state index is 0. The Morgan fingerprint density at radius 1 is 1.00 bits per heavy atom. The van der Waals surface area contributed by atoms with Crippen molar-refractivity contribution < 1.29 is 94.4 Å². The zero-order valence-electron chi connectivity index (χ0n) is 1.43. The van der Waals surface area contributed by atoms with Crippen LogP contribution in [0, 0.1) is 77.3 Å². The molecule has 0 N–H and O–H groups in total. The maximum Gasteiger partial charge on any atom is 0.0814 e. The molecule has 0 heterocycles. The summed E-state index contributed by atoms with van der Waals surface area (Å²) >= 11 is 0. The molecule has 0 aromatic rings. The largest absolute Gasteiger partial charge is 0.0814 e. The second-order valence-corrected chi connectivity index (χ2v) is 0. The smallest absolute Gasteiger partial charge is 0 e. The maximum atomic E-state index is 0. The van der Waals surface area contributed by atoms with E-state index in [-0.39, 0.29) is 103 Å². The minimum Gasteiger partial charge on any atom is 0 e. The van der Waals surface area contributed by atoms with Gasteiger partial charge in [-0.25, -0.2) is 0 Å². The first kappa shape index (κ1) is 27.2. The van der Waals surface area contributed by atoms with Gasteiger partial charge in [-0.15, -0.1) is 0 Å². The van der Waals surface area contributed by atoms with Gasteiger partial charge in [-0.05, 0) is 0 Å². The second kappa shape index (κ2) is 16.4. The van der Waals surface area contributed by atoms with Gasteiger partial charge in [0.15, 0.2) is 0 Å². The van der Waals surface area contributed by atoms with Crippen molar-refractivity contribution in [2.75, 3.05) is 0 Å². The van der Waals surface area contributed by atoms with Crippen LogP contribution in [0.3, 0.4) is 0 Å². The molecule has 0 rings (SSSR count). The fourth-order valence-electron chi connectivity index (χ4n) is 0. The molecule has 0 aliphatic rings. The van der Waals surface area contributed by atoms with Crippen molar-refractivity contribution in [1.29, 1.82) is 0 Å². The van der Waals surface area contributed by atoms with E-state index in [0.717, 1.165) is 0 Å². The predicted octanol–water partition coefficient (Wildman–Crippen LogP) is -1.19. The van der Waals surface area contributed by atoms with Gasteiger partial charge in [0, 0.05) is 94.4 Å². The molecule has 4 heavy (non-hydrogen) atoms. The zero-order valence-corrected chi connectivity index (χ0v) is 9.30. The van der Waals surface area contributed by atoms with E-state index >= 15 is 0 Å². The summed E-state index contributed by atoms with van der Waals surface area (Å²) in [5, 5.41) is 0. The average molecular weight is 349 g/mol. The zero-order chi connectivity index (χ0) is 0. The number of rotatable bonds is 0. The molecular weight excluding hydrogens is 346 g/mol. The molecule has 0 atom stereocenters. The molecule has 0 spiro atoms. The third-order valence-corrected chi connectivity index (χ3v) is 0. The van der Waals surface area contributed by atoms with Crippen LogP contribution in [0.15, 0.2) is 0 Å². The quantitative estimate of drug-likeness (QED) is 0.483. The van der Waals surface area contributed by atoms with E-state index in [4.69, 9.17) is 0 Å². The molecule has 0 saturated heterocycles. The van der Waals surface area contributed by atoms with E-state index in [2.05, 4.69) is 0 Å². The molecular formula is H3BCeFeLa. The molecule has 0 nitrogen and oxygen atoms in total. The Bertz CT molecular complexity index is 8.00. The van der Waals surface area contributed by atoms with E-state index in [1.807, 2.05) is 0 Å². The Morgan fingerprint density at radius 3 is 1.00 bits per heavy atom. The van der Waals surface area contributed by atoms with Gasteiger partial charge in [-0.3, -0.25) is 0 Å². The SMILES string of the molecule is B.[Ce].[Fe].[La]. The minimum atomic E-state index is 0. The van der Waals surface area contributed by atoms with Crippen molar-refractivity contribution in [3.8, 4) is 0 Å². The fourth-order valence-corrected chi connectivity index (χ4v) is 0. The molecule has 0 aromatic heterocycles. The summed E-state index contributed by atoms with van der Waals surface area (Å²) in [5.74, 6) is 0. The van der Waals surface area contributed by atoms with Crippen molar-refractivity contribution in [3.05, 3.63) is 0 Å². The first-order valence-electron chi connectivity index (χ1n) is 0. The fraction of sp³-hybridized carbons (Fsp3) is 0. The Hall–Kier alpha value is 3.16. The first-order valence-corrected chi connectivity index (χ1v) is 0. The van der Waals surface area contributed by atoms with E-state index in [1.54, 1.807) is 0 Å². The molecule has 4 heteroatoms. The standard InChI is InChI=1S/BH3.Ce.Fe.La/h1H3;;;. The Kier molecular flexibility index (Phi) is 112.